The molecule has 1 aromatic heterocycles. The van der Waals surface area contributed by atoms with Crippen molar-refractivity contribution in [1.82, 2.24) is 10.3 Å². The summed E-state index contributed by atoms with van der Waals surface area (Å²) in [6.07, 6.45) is 5.72. The van der Waals surface area contributed by atoms with Gasteiger partial charge in [0.25, 0.3) is 0 Å². The number of hydrogen-bond acceptors (Lipinski definition) is 2. The molecule has 90 valence electrons. The Morgan fingerprint density at radius 2 is 2.18 bits per heavy atom. The molecule has 0 aliphatic heterocycles. The van der Waals surface area contributed by atoms with Gasteiger partial charge in [-0.2, -0.15) is 0 Å². The van der Waals surface area contributed by atoms with E-state index < -0.39 is 0 Å². The van der Waals surface area contributed by atoms with Crippen molar-refractivity contribution in [3.8, 4) is 0 Å². The van der Waals surface area contributed by atoms with Crippen LogP contribution in [0.4, 0.5) is 0 Å². The molecular formula is C14H19N3. The second-order valence-corrected chi connectivity index (χ2v) is 4.94. The van der Waals surface area contributed by atoms with E-state index in [0.717, 1.165) is 13.0 Å². The summed E-state index contributed by atoms with van der Waals surface area (Å²) in [5.41, 5.74) is 8.60. The number of aromatic amines is 1. The van der Waals surface area contributed by atoms with Crippen LogP contribution in [-0.4, -0.2) is 17.1 Å². The fraction of sp³-hybridized carbons (Fsp3) is 0.429. The molecule has 0 saturated heterocycles. The molecule has 1 heterocycles. The summed E-state index contributed by atoms with van der Waals surface area (Å²) in [6.45, 7) is 0.905. The molecule has 3 heteroatoms. The number of para-hydroxylation sites is 1. The molecule has 1 aliphatic carbocycles. The standard InChI is InChI=1S/C14H19N3/c15-12-5-3-7-14(12)17-9-10-8-16-13-6-2-1-4-11(10)13/h1-2,4,6,8,12,14,16-17H,3,5,7,9,15H2. The van der Waals surface area contributed by atoms with E-state index in [2.05, 4.69) is 40.8 Å². The molecule has 1 fully saturated rings. The molecule has 0 amide bonds. The lowest BCUT2D eigenvalue weighted by atomic mass is 10.1. The summed E-state index contributed by atoms with van der Waals surface area (Å²) < 4.78 is 0. The molecule has 0 radical (unpaired) electrons. The van der Waals surface area contributed by atoms with E-state index in [9.17, 15) is 0 Å². The molecule has 3 rings (SSSR count). The first-order chi connectivity index (χ1) is 8.34. The van der Waals surface area contributed by atoms with Crippen molar-refractivity contribution in [1.29, 1.82) is 0 Å². The monoisotopic (exact) mass is 229 g/mol. The van der Waals surface area contributed by atoms with Gasteiger partial charge in [0.2, 0.25) is 0 Å². The van der Waals surface area contributed by atoms with Crippen LogP contribution in [0.2, 0.25) is 0 Å². The van der Waals surface area contributed by atoms with Gasteiger partial charge in [0.1, 0.15) is 0 Å². The third kappa shape index (κ3) is 2.08. The highest BCUT2D eigenvalue weighted by atomic mass is 15.0. The van der Waals surface area contributed by atoms with Crippen molar-refractivity contribution in [2.45, 2.75) is 37.9 Å². The summed E-state index contributed by atoms with van der Waals surface area (Å²) in [6, 6.07) is 9.24. The van der Waals surface area contributed by atoms with Crippen LogP contribution in [0.5, 0.6) is 0 Å². The number of nitrogens with two attached hydrogens (primary N) is 1. The molecule has 2 aromatic rings. The topological polar surface area (TPSA) is 53.8 Å². The molecular weight excluding hydrogens is 210 g/mol. The predicted molar refractivity (Wildman–Crippen MR) is 70.8 cm³/mol. The van der Waals surface area contributed by atoms with Crippen LogP contribution < -0.4 is 11.1 Å². The van der Waals surface area contributed by atoms with Crippen molar-refractivity contribution in [3.63, 3.8) is 0 Å². The highest BCUT2D eigenvalue weighted by molar-refractivity contribution is 5.82. The Bertz CT molecular complexity index is 503. The molecule has 0 spiro atoms. The van der Waals surface area contributed by atoms with Gasteiger partial charge in [0, 0.05) is 35.7 Å². The van der Waals surface area contributed by atoms with Crippen LogP contribution in [0.15, 0.2) is 30.5 Å². The highest BCUT2D eigenvalue weighted by Gasteiger charge is 2.23. The molecule has 4 N–H and O–H groups in total. The Kier molecular flexibility index (Phi) is 2.87. The van der Waals surface area contributed by atoms with Gasteiger partial charge in [-0.25, -0.2) is 0 Å². The Balaban J connectivity index is 1.72. The second kappa shape index (κ2) is 4.51. The summed E-state index contributed by atoms with van der Waals surface area (Å²) >= 11 is 0. The lowest BCUT2D eigenvalue weighted by Gasteiger charge is -2.16. The van der Waals surface area contributed by atoms with Crippen LogP contribution in [0, 0.1) is 0 Å². The second-order valence-electron chi connectivity index (χ2n) is 4.94. The Morgan fingerprint density at radius 1 is 1.29 bits per heavy atom. The van der Waals surface area contributed by atoms with Gasteiger partial charge >= 0.3 is 0 Å². The SMILES string of the molecule is NC1CCCC1NCc1c[nH]c2ccccc12. The summed E-state index contributed by atoms with van der Waals surface area (Å²) in [5.74, 6) is 0. The maximum atomic E-state index is 6.06. The molecule has 3 nitrogen and oxygen atoms in total. The number of H-pyrrole nitrogens is 1. The largest absolute Gasteiger partial charge is 0.361 e. The van der Waals surface area contributed by atoms with Crippen LogP contribution in [0.3, 0.4) is 0 Å². The highest BCUT2D eigenvalue weighted by Crippen LogP contribution is 2.20. The number of hydrogen-bond donors (Lipinski definition) is 3. The van der Waals surface area contributed by atoms with Gasteiger partial charge < -0.3 is 16.0 Å². The van der Waals surface area contributed by atoms with E-state index >= 15 is 0 Å². The van der Waals surface area contributed by atoms with Gasteiger partial charge in [-0.05, 0) is 24.5 Å². The Morgan fingerprint density at radius 3 is 3.00 bits per heavy atom. The van der Waals surface area contributed by atoms with E-state index in [1.165, 1.54) is 29.3 Å². The minimum Gasteiger partial charge on any atom is -0.361 e. The molecule has 1 aromatic carbocycles. The van der Waals surface area contributed by atoms with Gasteiger partial charge in [-0.1, -0.05) is 24.6 Å². The van der Waals surface area contributed by atoms with Gasteiger partial charge in [0.15, 0.2) is 0 Å². The van der Waals surface area contributed by atoms with E-state index in [-0.39, 0.29) is 0 Å². The first-order valence-electron chi connectivity index (χ1n) is 6.38. The first-order valence-corrected chi connectivity index (χ1v) is 6.38. The summed E-state index contributed by atoms with van der Waals surface area (Å²) in [5, 5.41) is 4.89. The summed E-state index contributed by atoms with van der Waals surface area (Å²) in [4.78, 5) is 3.30. The minimum atomic E-state index is 0.334. The summed E-state index contributed by atoms with van der Waals surface area (Å²) in [7, 11) is 0. The van der Waals surface area contributed by atoms with Gasteiger partial charge in [0.05, 0.1) is 0 Å². The number of benzene rings is 1. The van der Waals surface area contributed by atoms with E-state index in [4.69, 9.17) is 5.73 Å². The number of rotatable bonds is 3. The van der Waals surface area contributed by atoms with Crippen molar-refractivity contribution in [2.75, 3.05) is 0 Å². The zero-order valence-corrected chi connectivity index (χ0v) is 9.95. The van der Waals surface area contributed by atoms with Crippen LogP contribution >= 0.6 is 0 Å². The number of fused-ring (bicyclic) bond motifs is 1. The minimum absolute atomic E-state index is 0.334. The first kappa shape index (κ1) is 10.8. The average Bonchev–Trinajstić information content (AvgIpc) is 2.93. The van der Waals surface area contributed by atoms with Crippen LogP contribution in [0.1, 0.15) is 24.8 Å². The van der Waals surface area contributed by atoms with Crippen LogP contribution in [-0.2, 0) is 6.54 Å². The lowest BCUT2D eigenvalue weighted by Crippen LogP contribution is -2.40. The van der Waals surface area contributed by atoms with E-state index in [1.54, 1.807) is 0 Å². The maximum absolute atomic E-state index is 6.06. The molecule has 2 atom stereocenters. The molecule has 17 heavy (non-hydrogen) atoms. The zero-order valence-electron chi connectivity index (χ0n) is 9.95. The fourth-order valence-electron chi connectivity index (χ4n) is 2.76. The molecule has 2 unspecified atom stereocenters. The molecule has 1 saturated carbocycles. The predicted octanol–water partition coefficient (Wildman–Crippen LogP) is 2.14. The van der Waals surface area contributed by atoms with Gasteiger partial charge in [-0.3, -0.25) is 0 Å². The number of nitrogens with one attached hydrogen (secondary N) is 2. The Labute approximate surface area is 101 Å². The normalized spacial score (nSPS) is 24.5. The van der Waals surface area contributed by atoms with Crippen molar-refractivity contribution in [3.05, 3.63) is 36.0 Å². The fourth-order valence-corrected chi connectivity index (χ4v) is 2.76. The van der Waals surface area contributed by atoms with Crippen molar-refractivity contribution < 1.29 is 0 Å². The lowest BCUT2D eigenvalue weighted by molar-refractivity contribution is 0.476. The smallest absolute Gasteiger partial charge is 0.0457 e. The van der Waals surface area contributed by atoms with Crippen LogP contribution in [0.25, 0.3) is 10.9 Å². The number of aromatic nitrogens is 1. The Hall–Kier alpha value is -1.32. The van der Waals surface area contributed by atoms with E-state index in [1.807, 2.05) is 0 Å². The maximum Gasteiger partial charge on any atom is 0.0457 e. The molecule has 1 aliphatic rings. The quantitative estimate of drug-likeness (QED) is 0.755. The van der Waals surface area contributed by atoms with E-state index in [0.29, 0.717) is 12.1 Å². The van der Waals surface area contributed by atoms with Crippen molar-refractivity contribution >= 4 is 10.9 Å². The van der Waals surface area contributed by atoms with Crippen molar-refractivity contribution in [2.24, 2.45) is 5.73 Å². The third-order valence-electron chi connectivity index (χ3n) is 3.80. The average molecular weight is 229 g/mol. The third-order valence-corrected chi connectivity index (χ3v) is 3.80. The zero-order chi connectivity index (χ0) is 11.7. The van der Waals surface area contributed by atoms with Gasteiger partial charge in [-0.15, -0.1) is 0 Å². The molecule has 0 bridgehead atoms.